The molecule has 1 aromatic heterocycles. The van der Waals surface area contributed by atoms with Crippen molar-refractivity contribution in [3.8, 4) is 5.69 Å². The number of amides is 4. The molecule has 12 nitrogen and oxygen atoms in total. The predicted octanol–water partition coefficient (Wildman–Crippen LogP) is 1.08. The van der Waals surface area contributed by atoms with Crippen molar-refractivity contribution in [3.05, 3.63) is 52.1 Å². The van der Waals surface area contributed by atoms with Gasteiger partial charge in [-0.2, -0.15) is 4.98 Å². The molecular weight excluding hydrogens is 444 g/mol. The maximum absolute atomic E-state index is 12.6. The van der Waals surface area contributed by atoms with E-state index in [4.69, 9.17) is 5.11 Å². The van der Waals surface area contributed by atoms with E-state index >= 15 is 0 Å². The number of hydrogen-bond acceptors (Lipinski definition) is 6. The third-order valence-corrected chi connectivity index (χ3v) is 5.51. The first-order valence-electron chi connectivity index (χ1n) is 10.5. The van der Waals surface area contributed by atoms with Crippen LogP contribution in [0.4, 0.5) is 15.4 Å². The first-order valence-corrected chi connectivity index (χ1v) is 10.5. The van der Waals surface area contributed by atoms with Gasteiger partial charge in [0, 0.05) is 37.9 Å². The van der Waals surface area contributed by atoms with Crippen LogP contribution < -0.4 is 16.3 Å². The lowest BCUT2D eigenvalue weighted by atomic mass is 10.0. The van der Waals surface area contributed by atoms with Crippen molar-refractivity contribution in [3.63, 3.8) is 0 Å². The zero-order valence-corrected chi connectivity index (χ0v) is 19.1. The van der Waals surface area contributed by atoms with Crippen molar-refractivity contribution < 1.29 is 24.3 Å². The molecule has 1 aliphatic heterocycles. The van der Waals surface area contributed by atoms with Gasteiger partial charge in [0.05, 0.1) is 5.69 Å². The normalized spacial score (nSPS) is 13.9. The van der Waals surface area contributed by atoms with Gasteiger partial charge in [-0.15, -0.1) is 0 Å². The summed E-state index contributed by atoms with van der Waals surface area (Å²) in [5.41, 5.74) is -0.0937. The molecule has 0 unspecified atom stereocenters. The molecule has 4 amide bonds. The van der Waals surface area contributed by atoms with E-state index in [0.717, 1.165) is 11.8 Å². The Morgan fingerprint density at radius 3 is 2.29 bits per heavy atom. The van der Waals surface area contributed by atoms with E-state index in [1.54, 1.807) is 25.1 Å². The van der Waals surface area contributed by atoms with Crippen molar-refractivity contribution in [2.75, 3.05) is 31.5 Å². The molecule has 34 heavy (non-hydrogen) atoms. The van der Waals surface area contributed by atoms with E-state index < -0.39 is 23.4 Å². The summed E-state index contributed by atoms with van der Waals surface area (Å²) in [6.07, 6.45) is 0.926. The van der Waals surface area contributed by atoms with Crippen molar-refractivity contribution in [2.45, 2.75) is 26.3 Å². The van der Waals surface area contributed by atoms with E-state index in [9.17, 15) is 24.0 Å². The Morgan fingerprint density at radius 2 is 1.74 bits per heavy atom. The second kappa shape index (κ2) is 9.73. The second-order valence-corrected chi connectivity index (χ2v) is 8.39. The number of nitrogens with one attached hydrogen (secondary N) is 2. The zero-order chi connectivity index (χ0) is 25.0. The fourth-order valence-electron chi connectivity index (χ4n) is 3.63. The monoisotopic (exact) mass is 470 g/mol. The van der Waals surface area contributed by atoms with Crippen LogP contribution in [0.25, 0.3) is 5.69 Å². The second-order valence-electron chi connectivity index (χ2n) is 8.39. The van der Waals surface area contributed by atoms with Crippen LogP contribution in [0.2, 0.25) is 0 Å². The summed E-state index contributed by atoms with van der Waals surface area (Å²) in [6.45, 7) is 5.67. The summed E-state index contributed by atoms with van der Waals surface area (Å²) in [4.78, 5) is 66.4. The number of aromatic nitrogens is 2. The summed E-state index contributed by atoms with van der Waals surface area (Å²) in [5, 5.41) is 13.7. The summed E-state index contributed by atoms with van der Waals surface area (Å²) in [7, 11) is 0. The highest BCUT2D eigenvalue weighted by molar-refractivity contribution is 5.90. The van der Waals surface area contributed by atoms with E-state index in [1.807, 2.05) is 0 Å². The van der Waals surface area contributed by atoms with Crippen LogP contribution in [0, 0.1) is 6.92 Å². The molecule has 0 spiro atoms. The van der Waals surface area contributed by atoms with Gasteiger partial charge in [-0.05, 0) is 50.6 Å². The van der Waals surface area contributed by atoms with Gasteiger partial charge >= 0.3 is 17.8 Å². The van der Waals surface area contributed by atoms with Gasteiger partial charge in [-0.3, -0.25) is 19.5 Å². The van der Waals surface area contributed by atoms with Crippen molar-refractivity contribution in [1.82, 2.24) is 24.7 Å². The molecule has 2 aromatic rings. The lowest BCUT2D eigenvalue weighted by Crippen LogP contribution is -2.60. The van der Waals surface area contributed by atoms with Gasteiger partial charge in [0.25, 0.3) is 0 Å². The molecule has 2 heterocycles. The molecule has 1 aliphatic rings. The molecule has 0 bridgehead atoms. The van der Waals surface area contributed by atoms with Crippen molar-refractivity contribution in [2.24, 2.45) is 0 Å². The Kier molecular flexibility index (Phi) is 6.99. The average molecular weight is 470 g/mol. The van der Waals surface area contributed by atoms with E-state index in [2.05, 4.69) is 15.6 Å². The van der Waals surface area contributed by atoms with Crippen LogP contribution in [0.3, 0.4) is 0 Å². The molecule has 3 N–H and O–H groups in total. The third-order valence-electron chi connectivity index (χ3n) is 5.51. The summed E-state index contributed by atoms with van der Waals surface area (Å²) >= 11 is 0. The van der Waals surface area contributed by atoms with Gasteiger partial charge in [-0.1, -0.05) is 0 Å². The van der Waals surface area contributed by atoms with Gasteiger partial charge < -0.3 is 20.2 Å². The standard InChI is InChI=1S/C22H26N6O6/c1-14-12-16(5-4-15(14)13-29)28-7-6-17(24-20(28)32)23-19(31)27-10-8-26(9-11-27)18(30)22(2,3)25-21(33)34/h4-7,12-13,25H,8-11H2,1-3H3,(H,33,34)(H,23,24,31,32). The molecule has 1 fully saturated rings. The number of urea groups is 1. The van der Waals surface area contributed by atoms with Crippen LogP contribution in [-0.2, 0) is 4.79 Å². The summed E-state index contributed by atoms with van der Waals surface area (Å²) < 4.78 is 1.30. The van der Waals surface area contributed by atoms with E-state index in [-0.39, 0.29) is 37.9 Å². The number of hydrogen-bond donors (Lipinski definition) is 3. The van der Waals surface area contributed by atoms with Crippen LogP contribution in [0.1, 0.15) is 29.8 Å². The summed E-state index contributed by atoms with van der Waals surface area (Å²) in [5.74, 6) is -0.297. The molecule has 3 rings (SSSR count). The number of anilines is 1. The molecule has 180 valence electrons. The number of rotatable bonds is 5. The Hall–Kier alpha value is -4.22. The lowest BCUT2D eigenvalue weighted by Gasteiger charge is -2.38. The van der Waals surface area contributed by atoms with Gasteiger partial charge in [0.15, 0.2) is 0 Å². The topological polar surface area (TPSA) is 154 Å². The molecule has 0 saturated carbocycles. The number of carbonyl (C=O) groups excluding carboxylic acids is 3. The van der Waals surface area contributed by atoms with Crippen LogP contribution in [-0.4, -0.2) is 80.5 Å². The van der Waals surface area contributed by atoms with Crippen molar-refractivity contribution >= 4 is 30.1 Å². The highest BCUT2D eigenvalue weighted by Crippen LogP contribution is 2.14. The predicted molar refractivity (Wildman–Crippen MR) is 122 cm³/mol. The van der Waals surface area contributed by atoms with Crippen LogP contribution in [0.15, 0.2) is 35.3 Å². The van der Waals surface area contributed by atoms with Crippen LogP contribution >= 0.6 is 0 Å². The van der Waals surface area contributed by atoms with Crippen LogP contribution in [0.5, 0.6) is 0 Å². The minimum atomic E-state index is -1.29. The number of aryl methyl sites for hydroxylation is 1. The Bertz CT molecular complexity index is 1180. The average Bonchev–Trinajstić information content (AvgIpc) is 2.78. The number of carboxylic acid groups (broad SMARTS) is 1. The molecule has 1 aromatic carbocycles. The quantitative estimate of drug-likeness (QED) is 0.553. The molecule has 0 aliphatic carbocycles. The smallest absolute Gasteiger partial charge is 0.405 e. The maximum atomic E-state index is 12.6. The number of piperazine rings is 1. The lowest BCUT2D eigenvalue weighted by molar-refractivity contribution is -0.138. The Labute approximate surface area is 195 Å². The van der Waals surface area contributed by atoms with E-state index in [0.29, 0.717) is 11.3 Å². The van der Waals surface area contributed by atoms with Gasteiger partial charge in [0.1, 0.15) is 17.6 Å². The number of benzene rings is 1. The molecule has 12 heteroatoms. The largest absolute Gasteiger partial charge is 0.465 e. The maximum Gasteiger partial charge on any atom is 0.405 e. The fourth-order valence-corrected chi connectivity index (χ4v) is 3.63. The van der Waals surface area contributed by atoms with Crippen molar-refractivity contribution in [1.29, 1.82) is 0 Å². The highest BCUT2D eigenvalue weighted by atomic mass is 16.4. The molecular formula is C22H26N6O6. The first kappa shape index (κ1) is 24.4. The van der Waals surface area contributed by atoms with Gasteiger partial charge in [-0.25, -0.2) is 14.4 Å². The highest BCUT2D eigenvalue weighted by Gasteiger charge is 2.35. The van der Waals surface area contributed by atoms with Gasteiger partial charge in [0.2, 0.25) is 5.91 Å². The molecule has 1 saturated heterocycles. The third kappa shape index (κ3) is 5.39. The minimum Gasteiger partial charge on any atom is -0.465 e. The Balaban J connectivity index is 1.61. The SMILES string of the molecule is Cc1cc(-n2ccc(NC(=O)N3CCN(C(=O)C(C)(C)NC(=O)O)CC3)nc2=O)ccc1C=O. The zero-order valence-electron chi connectivity index (χ0n) is 19.1. The number of nitrogens with zero attached hydrogens (tertiary/aromatic N) is 4. The number of aldehydes is 1. The Morgan fingerprint density at radius 1 is 1.09 bits per heavy atom. The molecule has 0 radical (unpaired) electrons. The first-order chi connectivity index (χ1) is 16.0. The minimum absolute atomic E-state index is 0.0813. The summed E-state index contributed by atoms with van der Waals surface area (Å²) in [6, 6.07) is 5.96. The molecule has 0 atom stereocenters. The number of carbonyl (C=O) groups is 4. The fraction of sp³-hybridized carbons (Fsp3) is 0.364. The van der Waals surface area contributed by atoms with E-state index in [1.165, 1.54) is 40.5 Å².